The predicted molar refractivity (Wildman–Crippen MR) is 104 cm³/mol. The summed E-state index contributed by atoms with van der Waals surface area (Å²) in [5.41, 5.74) is 1.26. The number of piperidine rings is 1. The van der Waals surface area contributed by atoms with Crippen molar-refractivity contribution in [2.75, 3.05) is 26.8 Å². The van der Waals surface area contributed by atoms with Crippen LogP contribution >= 0.6 is 0 Å². The monoisotopic (exact) mass is 371 g/mol. The Morgan fingerprint density at radius 3 is 2.56 bits per heavy atom. The standard InChI is InChI=1S/C22H29NO4/c1-21(2)14-23(12-11-22(21,26)15-27-3)20(25)13-18-17(9-10-19(18)24)16-7-5-4-6-8-16/h4-8,26H,9-15H2,1-3H3/t22-/m1/s1. The zero-order valence-corrected chi connectivity index (χ0v) is 16.5. The zero-order chi connectivity index (χ0) is 19.7. The molecule has 146 valence electrons. The van der Waals surface area contributed by atoms with Gasteiger partial charge in [0.25, 0.3) is 0 Å². The summed E-state index contributed by atoms with van der Waals surface area (Å²) in [5.74, 6) is 0.0376. The number of likely N-dealkylation sites (tertiary alicyclic amines) is 1. The number of amides is 1. The molecule has 1 atom stereocenters. The molecule has 5 heteroatoms. The molecular formula is C22H29NO4. The van der Waals surface area contributed by atoms with E-state index in [0.29, 0.717) is 37.9 Å². The van der Waals surface area contributed by atoms with E-state index < -0.39 is 11.0 Å². The summed E-state index contributed by atoms with van der Waals surface area (Å²) < 4.78 is 5.19. The van der Waals surface area contributed by atoms with Crippen molar-refractivity contribution in [1.29, 1.82) is 0 Å². The number of hydrogen-bond donors (Lipinski definition) is 1. The minimum Gasteiger partial charge on any atom is -0.387 e. The zero-order valence-electron chi connectivity index (χ0n) is 16.5. The molecule has 1 saturated heterocycles. The molecule has 1 aliphatic heterocycles. The van der Waals surface area contributed by atoms with Gasteiger partial charge in [-0.2, -0.15) is 0 Å². The average Bonchev–Trinajstić information content (AvgIpc) is 2.99. The highest BCUT2D eigenvalue weighted by Gasteiger charge is 2.48. The largest absolute Gasteiger partial charge is 0.387 e. The molecule has 0 spiro atoms. The lowest BCUT2D eigenvalue weighted by Gasteiger charge is -2.50. The van der Waals surface area contributed by atoms with Gasteiger partial charge in [0.15, 0.2) is 5.78 Å². The number of hydrogen-bond acceptors (Lipinski definition) is 4. The van der Waals surface area contributed by atoms with Gasteiger partial charge in [-0.05, 0) is 24.0 Å². The molecule has 1 amide bonds. The fourth-order valence-corrected chi connectivity index (χ4v) is 4.22. The highest BCUT2D eigenvalue weighted by molar-refractivity contribution is 6.10. The first-order valence-electron chi connectivity index (χ1n) is 9.57. The van der Waals surface area contributed by atoms with Crippen LogP contribution in [0.2, 0.25) is 0 Å². The number of Topliss-reactive ketones (excluding diaryl/α,β-unsaturated/α-hetero) is 1. The van der Waals surface area contributed by atoms with Crippen LogP contribution < -0.4 is 0 Å². The van der Waals surface area contributed by atoms with Crippen LogP contribution in [0.1, 0.15) is 45.1 Å². The van der Waals surface area contributed by atoms with Gasteiger partial charge in [-0.15, -0.1) is 0 Å². The topological polar surface area (TPSA) is 66.8 Å². The third-order valence-corrected chi connectivity index (χ3v) is 6.13. The first kappa shape index (κ1) is 19.8. The van der Waals surface area contributed by atoms with E-state index in [1.165, 1.54) is 0 Å². The van der Waals surface area contributed by atoms with E-state index in [2.05, 4.69) is 0 Å². The number of ketones is 1. The molecule has 0 unspecified atom stereocenters. The number of ether oxygens (including phenoxy) is 1. The number of benzene rings is 1. The van der Waals surface area contributed by atoms with Gasteiger partial charge in [0.1, 0.15) is 0 Å². The minimum atomic E-state index is -0.948. The van der Waals surface area contributed by atoms with E-state index in [9.17, 15) is 14.7 Å². The second-order valence-corrected chi connectivity index (χ2v) is 8.34. The van der Waals surface area contributed by atoms with E-state index in [1.807, 2.05) is 44.2 Å². The molecule has 2 aliphatic rings. The Morgan fingerprint density at radius 1 is 1.22 bits per heavy atom. The number of methoxy groups -OCH3 is 1. The second-order valence-electron chi connectivity index (χ2n) is 8.34. The third-order valence-electron chi connectivity index (χ3n) is 6.13. The summed E-state index contributed by atoms with van der Waals surface area (Å²) >= 11 is 0. The van der Waals surface area contributed by atoms with Gasteiger partial charge in [-0.25, -0.2) is 0 Å². The van der Waals surface area contributed by atoms with Crippen molar-refractivity contribution in [2.45, 2.75) is 45.1 Å². The summed E-state index contributed by atoms with van der Waals surface area (Å²) in [7, 11) is 1.58. The summed E-state index contributed by atoms with van der Waals surface area (Å²) in [5, 5.41) is 10.9. The fourth-order valence-electron chi connectivity index (χ4n) is 4.22. The molecule has 1 fully saturated rings. The van der Waals surface area contributed by atoms with Crippen molar-refractivity contribution in [1.82, 2.24) is 4.90 Å². The Kier molecular flexibility index (Phi) is 5.54. The van der Waals surface area contributed by atoms with Crippen molar-refractivity contribution in [3.05, 3.63) is 41.5 Å². The van der Waals surface area contributed by atoms with Crippen LogP contribution in [-0.2, 0) is 14.3 Å². The molecular weight excluding hydrogens is 342 g/mol. The molecule has 1 N–H and O–H groups in total. The number of carbonyl (C=O) groups excluding carboxylic acids is 2. The smallest absolute Gasteiger partial charge is 0.227 e. The molecule has 0 bridgehead atoms. The van der Waals surface area contributed by atoms with E-state index in [0.717, 1.165) is 11.1 Å². The van der Waals surface area contributed by atoms with Gasteiger partial charge in [-0.1, -0.05) is 44.2 Å². The van der Waals surface area contributed by atoms with Gasteiger partial charge in [0.05, 0.1) is 18.6 Å². The molecule has 5 nitrogen and oxygen atoms in total. The van der Waals surface area contributed by atoms with Crippen molar-refractivity contribution in [3.8, 4) is 0 Å². The highest BCUT2D eigenvalue weighted by atomic mass is 16.5. The van der Waals surface area contributed by atoms with Crippen molar-refractivity contribution in [3.63, 3.8) is 0 Å². The Balaban J connectivity index is 1.76. The van der Waals surface area contributed by atoms with Crippen LogP contribution in [0.3, 0.4) is 0 Å². The van der Waals surface area contributed by atoms with Crippen LogP contribution in [0.4, 0.5) is 0 Å². The molecule has 1 heterocycles. The molecule has 3 rings (SSSR count). The van der Waals surface area contributed by atoms with Gasteiger partial charge < -0.3 is 14.7 Å². The first-order valence-corrected chi connectivity index (χ1v) is 9.57. The maximum absolute atomic E-state index is 13.0. The SMILES string of the molecule is COC[C@]1(O)CCN(C(=O)CC2=C(c3ccccc3)CCC2=O)CC1(C)C. The lowest BCUT2D eigenvalue weighted by molar-refractivity contribution is -0.163. The van der Waals surface area contributed by atoms with Crippen LogP contribution in [0.15, 0.2) is 35.9 Å². The Hall–Kier alpha value is -1.98. The number of rotatable bonds is 5. The molecule has 0 saturated carbocycles. The summed E-state index contributed by atoms with van der Waals surface area (Å²) in [4.78, 5) is 27.1. The number of allylic oxidation sites excluding steroid dienone is 1. The van der Waals surface area contributed by atoms with Gasteiger partial charge in [0.2, 0.25) is 5.91 Å². The van der Waals surface area contributed by atoms with Gasteiger partial charge in [-0.3, -0.25) is 9.59 Å². The maximum Gasteiger partial charge on any atom is 0.227 e. The summed E-state index contributed by atoms with van der Waals surface area (Å²) in [6.07, 6.45) is 1.79. The summed E-state index contributed by atoms with van der Waals surface area (Å²) in [6, 6.07) is 9.84. The third kappa shape index (κ3) is 3.85. The molecule has 1 aliphatic carbocycles. The molecule has 27 heavy (non-hydrogen) atoms. The average molecular weight is 371 g/mol. The Bertz CT molecular complexity index is 753. The quantitative estimate of drug-likeness (QED) is 0.864. The number of nitrogens with zero attached hydrogens (tertiary/aromatic N) is 1. The van der Waals surface area contributed by atoms with E-state index >= 15 is 0 Å². The van der Waals surface area contributed by atoms with E-state index in [-0.39, 0.29) is 24.7 Å². The number of aliphatic hydroxyl groups is 1. The second kappa shape index (κ2) is 7.56. The minimum absolute atomic E-state index is 0.0405. The summed E-state index contributed by atoms with van der Waals surface area (Å²) in [6.45, 7) is 5.10. The van der Waals surface area contributed by atoms with Crippen molar-refractivity contribution in [2.24, 2.45) is 5.41 Å². The highest BCUT2D eigenvalue weighted by Crippen LogP contribution is 2.40. The van der Waals surface area contributed by atoms with E-state index in [4.69, 9.17) is 4.74 Å². The fraction of sp³-hybridized carbons (Fsp3) is 0.545. The molecule has 0 radical (unpaired) electrons. The lowest BCUT2D eigenvalue weighted by Crippen LogP contribution is -2.60. The van der Waals surface area contributed by atoms with Gasteiger partial charge >= 0.3 is 0 Å². The molecule has 1 aromatic rings. The first-order chi connectivity index (χ1) is 12.8. The molecule has 1 aromatic carbocycles. The van der Waals surface area contributed by atoms with Crippen LogP contribution in [-0.4, -0.2) is 54.1 Å². The van der Waals surface area contributed by atoms with Gasteiger partial charge in [0, 0.05) is 37.6 Å². The normalized spacial score (nSPS) is 25.2. The van der Waals surface area contributed by atoms with Crippen LogP contribution in [0, 0.1) is 5.41 Å². The van der Waals surface area contributed by atoms with Crippen LogP contribution in [0.25, 0.3) is 5.57 Å². The van der Waals surface area contributed by atoms with Crippen molar-refractivity contribution >= 4 is 17.3 Å². The van der Waals surface area contributed by atoms with Crippen LogP contribution in [0.5, 0.6) is 0 Å². The van der Waals surface area contributed by atoms with Crippen molar-refractivity contribution < 1.29 is 19.4 Å². The maximum atomic E-state index is 13.0. The number of carbonyl (C=O) groups is 2. The Morgan fingerprint density at radius 2 is 1.93 bits per heavy atom. The Labute approximate surface area is 161 Å². The van der Waals surface area contributed by atoms with E-state index in [1.54, 1.807) is 12.0 Å². The molecule has 0 aromatic heterocycles. The lowest BCUT2D eigenvalue weighted by atomic mass is 9.70. The predicted octanol–water partition coefficient (Wildman–Crippen LogP) is 2.83.